The number of carbonyl (C=O) groups excluding carboxylic acids is 1. The van der Waals surface area contributed by atoms with Crippen LogP contribution in [0.25, 0.3) is 0 Å². The average molecular weight is 338 g/mol. The largest absolute Gasteiger partial charge is 0.510 e. The molecule has 2 saturated heterocycles. The molecule has 0 aromatic rings. The van der Waals surface area contributed by atoms with Crippen molar-refractivity contribution < 1.29 is 50.1 Å². The second-order valence-electron chi connectivity index (χ2n) is 5.04. The fourth-order valence-electron chi connectivity index (χ4n) is 2.16. The molecular weight excluding hydrogens is 326 g/mol. The lowest BCUT2D eigenvalue weighted by Crippen LogP contribution is -2.53. The second-order valence-corrected chi connectivity index (χ2v) is 5.04. The zero-order valence-corrected chi connectivity index (χ0v) is 11.1. The molecule has 2 aliphatic heterocycles. The van der Waals surface area contributed by atoms with Gasteiger partial charge >= 0.3 is 18.5 Å². The molecular formula is C11H12F6O5. The molecule has 0 aromatic carbocycles. The van der Waals surface area contributed by atoms with E-state index in [1.807, 2.05) is 0 Å². The number of ether oxygens (including phenoxy) is 4. The van der Waals surface area contributed by atoms with Crippen molar-refractivity contribution in [3.8, 4) is 0 Å². The highest BCUT2D eigenvalue weighted by molar-refractivity contribution is 5.62. The Morgan fingerprint density at radius 3 is 1.41 bits per heavy atom. The van der Waals surface area contributed by atoms with Gasteiger partial charge in [-0.1, -0.05) is 0 Å². The SMILES string of the molecule is O=C(OC1(C(F)(F)F)CCOC1)OC1(C(F)(F)F)CCOC1. The standard InChI is InChI=1S/C11H12F6O5/c12-10(13,14)8(1-3-19-5-8)21-7(18)22-9(11(15,16)17)2-4-20-6-9/h1-6H2. The van der Waals surface area contributed by atoms with E-state index < -0.39 is 55.8 Å². The summed E-state index contributed by atoms with van der Waals surface area (Å²) in [6.45, 7) is -2.64. The van der Waals surface area contributed by atoms with Crippen LogP contribution in [-0.4, -0.2) is 56.1 Å². The molecule has 0 aromatic heterocycles. The summed E-state index contributed by atoms with van der Waals surface area (Å²) in [5, 5.41) is 0. The number of alkyl halides is 6. The quantitative estimate of drug-likeness (QED) is 0.572. The van der Waals surface area contributed by atoms with Gasteiger partial charge in [0.15, 0.2) is 0 Å². The summed E-state index contributed by atoms with van der Waals surface area (Å²) in [5.74, 6) is 0. The lowest BCUT2D eigenvalue weighted by atomic mass is 10.0. The average Bonchev–Trinajstić information content (AvgIpc) is 2.97. The van der Waals surface area contributed by atoms with Gasteiger partial charge in [-0.3, -0.25) is 0 Å². The predicted molar refractivity (Wildman–Crippen MR) is 56.0 cm³/mol. The molecule has 5 nitrogen and oxygen atoms in total. The number of hydrogen-bond donors (Lipinski definition) is 0. The van der Waals surface area contributed by atoms with E-state index in [0.717, 1.165) is 0 Å². The Morgan fingerprint density at radius 2 is 1.18 bits per heavy atom. The Balaban J connectivity index is 2.11. The lowest BCUT2D eigenvalue weighted by molar-refractivity contribution is -0.285. The Labute approximate surface area is 120 Å². The number of rotatable bonds is 2. The normalized spacial score (nSPS) is 33.0. The van der Waals surface area contributed by atoms with Crippen molar-refractivity contribution in [2.75, 3.05) is 26.4 Å². The lowest BCUT2D eigenvalue weighted by Gasteiger charge is -2.33. The number of halogens is 6. The molecule has 2 unspecified atom stereocenters. The molecule has 0 N–H and O–H groups in total. The first-order chi connectivity index (χ1) is 10.0. The highest BCUT2D eigenvalue weighted by Crippen LogP contribution is 2.43. The first-order valence-electron chi connectivity index (χ1n) is 6.22. The molecule has 2 atom stereocenters. The van der Waals surface area contributed by atoms with Gasteiger partial charge in [-0.05, 0) is 0 Å². The van der Waals surface area contributed by atoms with Gasteiger partial charge in [0.2, 0.25) is 11.2 Å². The number of hydrogen-bond acceptors (Lipinski definition) is 5. The first-order valence-corrected chi connectivity index (χ1v) is 6.22. The Bertz CT molecular complexity index is 382. The van der Waals surface area contributed by atoms with Gasteiger partial charge < -0.3 is 18.9 Å². The van der Waals surface area contributed by atoms with E-state index in [0.29, 0.717) is 0 Å². The molecule has 0 radical (unpaired) electrons. The Kier molecular flexibility index (Phi) is 4.24. The maximum absolute atomic E-state index is 13.0. The van der Waals surface area contributed by atoms with E-state index in [1.165, 1.54) is 0 Å². The van der Waals surface area contributed by atoms with Crippen molar-refractivity contribution in [3.05, 3.63) is 0 Å². The summed E-state index contributed by atoms with van der Waals surface area (Å²) in [4.78, 5) is 11.5. The van der Waals surface area contributed by atoms with Crippen molar-refractivity contribution >= 4 is 6.16 Å². The van der Waals surface area contributed by atoms with Gasteiger partial charge in [0.1, 0.15) is 0 Å². The van der Waals surface area contributed by atoms with Gasteiger partial charge in [0, 0.05) is 12.8 Å². The van der Waals surface area contributed by atoms with Crippen LogP contribution >= 0.6 is 0 Å². The molecule has 128 valence electrons. The summed E-state index contributed by atoms with van der Waals surface area (Å²) in [5.41, 5.74) is -5.98. The van der Waals surface area contributed by atoms with E-state index in [9.17, 15) is 31.1 Å². The van der Waals surface area contributed by atoms with Crippen LogP contribution in [0.15, 0.2) is 0 Å². The van der Waals surface area contributed by atoms with E-state index in [2.05, 4.69) is 18.9 Å². The van der Waals surface area contributed by atoms with Crippen molar-refractivity contribution in [1.29, 1.82) is 0 Å². The summed E-state index contributed by atoms with van der Waals surface area (Å²) in [6, 6.07) is 0. The molecule has 0 bridgehead atoms. The topological polar surface area (TPSA) is 54.0 Å². The third-order valence-electron chi connectivity index (χ3n) is 3.56. The van der Waals surface area contributed by atoms with Crippen LogP contribution in [0.1, 0.15) is 12.8 Å². The van der Waals surface area contributed by atoms with Gasteiger partial charge in [0.05, 0.1) is 26.4 Å². The van der Waals surface area contributed by atoms with Crippen LogP contribution in [0, 0.1) is 0 Å². The van der Waals surface area contributed by atoms with Crippen LogP contribution in [0.5, 0.6) is 0 Å². The smallest absolute Gasteiger partial charge is 0.415 e. The fourth-order valence-corrected chi connectivity index (χ4v) is 2.16. The second kappa shape index (κ2) is 5.44. The van der Waals surface area contributed by atoms with E-state index in [-0.39, 0.29) is 13.2 Å². The third kappa shape index (κ3) is 2.96. The van der Waals surface area contributed by atoms with Gasteiger partial charge in [-0.25, -0.2) is 4.79 Å². The van der Waals surface area contributed by atoms with Crippen molar-refractivity contribution in [2.24, 2.45) is 0 Å². The molecule has 0 saturated carbocycles. The van der Waals surface area contributed by atoms with Gasteiger partial charge in [-0.15, -0.1) is 0 Å². The maximum atomic E-state index is 13.0. The molecule has 2 aliphatic rings. The van der Waals surface area contributed by atoms with Crippen LogP contribution < -0.4 is 0 Å². The first kappa shape index (κ1) is 17.1. The minimum absolute atomic E-state index is 0.333. The highest BCUT2D eigenvalue weighted by atomic mass is 19.4. The Hall–Kier alpha value is -1.23. The zero-order valence-electron chi connectivity index (χ0n) is 11.1. The maximum Gasteiger partial charge on any atom is 0.510 e. The zero-order chi connectivity index (χ0) is 16.6. The van der Waals surface area contributed by atoms with E-state index >= 15 is 0 Å². The fraction of sp³-hybridized carbons (Fsp3) is 0.909. The molecule has 2 fully saturated rings. The van der Waals surface area contributed by atoms with Gasteiger partial charge in [-0.2, -0.15) is 26.3 Å². The minimum atomic E-state index is -4.99. The van der Waals surface area contributed by atoms with Gasteiger partial charge in [0.25, 0.3) is 0 Å². The van der Waals surface area contributed by atoms with Crippen molar-refractivity contribution in [3.63, 3.8) is 0 Å². The molecule has 2 heterocycles. The van der Waals surface area contributed by atoms with E-state index in [4.69, 9.17) is 0 Å². The molecule has 11 heteroatoms. The Morgan fingerprint density at radius 1 is 0.818 bits per heavy atom. The van der Waals surface area contributed by atoms with Crippen LogP contribution in [-0.2, 0) is 18.9 Å². The molecule has 2 rings (SSSR count). The molecule has 0 aliphatic carbocycles. The molecule has 22 heavy (non-hydrogen) atoms. The van der Waals surface area contributed by atoms with Crippen molar-refractivity contribution in [2.45, 2.75) is 36.4 Å². The monoisotopic (exact) mass is 338 g/mol. The summed E-state index contributed by atoms with van der Waals surface area (Å²) >= 11 is 0. The summed E-state index contributed by atoms with van der Waals surface area (Å²) < 4.78 is 95.2. The number of carbonyl (C=O) groups is 1. The van der Waals surface area contributed by atoms with Crippen LogP contribution in [0.2, 0.25) is 0 Å². The molecule has 0 amide bonds. The highest BCUT2D eigenvalue weighted by Gasteiger charge is 2.64. The van der Waals surface area contributed by atoms with Crippen LogP contribution in [0.4, 0.5) is 31.1 Å². The van der Waals surface area contributed by atoms with Crippen LogP contribution in [0.3, 0.4) is 0 Å². The summed E-state index contributed by atoms with van der Waals surface area (Å²) in [6.07, 6.45) is -13.4. The predicted octanol–water partition coefficient (Wildman–Crippen LogP) is 2.58. The third-order valence-corrected chi connectivity index (χ3v) is 3.56. The summed E-state index contributed by atoms with van der Waals surface area (Å²) in [7, 11) is 0. The van der Waals surface area contributed by atoms with Crippen molar-refractivity contribution in [1.82, 2.24) is 0 Å². The van der Waals surface area contributed by atoms with E-state index in [1.54, 1.807) is 0 Å². The minimum Gasteiger partial charge on any atom is -0.415 e. The molecule has 0 spiro atoms.